The Morgan fingerprint density at radius 2 is 2.05 bits per heavy atom. The van der Waals surface area contributed by atoms with Crippen LogP contribution in [0.1, 0.15) is 25.3 Å². The Hall–Kier alpha value is -0.970. The lowest BCUT2D eigenvalue weighted by Gasteiger charge is -2.14. The molecule has 1 atom stereocenters. The zero-order valence-corrected chi connectivity index (χ0v) is 12.5. The van der Waals surface area contributed by atoms with Crippen molar-refractivity contribution >= 4 is 0 Å². The van der Waals surface area contributed by atoms with Gasteiger partial charge >= 0.3 is 0 Å². The van der Waals surface area contributed by atoms with Crippen LogP contribution in [0.25, 0.3) is 0 Å². The number of halogens is 1. The van der Waals surface area contributed by atoms with E-state index in [0.717, 1.165) is 38.0 Å². The predicted molar refractivity (Wildman–Crippen MR) is 79.5 cm³/mol. The highest BCUT2D eigenvalue weighted by Gasteiger charge is 2.03. The molecule has 20 heavy (non-hydrogen) atoms. The smallest absolute Gasteiger partial charge is 0.123 e. The fourth-order valence-electron chi connectivity index (χ4n) is 2.01. The van der Waals surface area contributed by atoms with Crippen LogP contribution >= 0.6 is 0 Å². The second kappa shape index (κ2) is 10.8. The summed E-state index contributed by atoms with van der Waals surface area (Å²) in [4.78, 5) is 0. The standard InChI is InChI=1S/C16H26FNO2/c1-14(12-15-6-5-7-16(17)13-15)18-8-3-4-9-20-11-10-19-2/h5-7,13-14,18H,3-4,8-12H2,1-2H3. The predicted octanol–water partition coefficient (Wildman–Crippen LogP) is 2.79. The average molecular weight is 283 g/mol. The molecule has 0 heterocycles. The van der Waals surface area contributed by atoms with Crippen LogP contribution in [0, 0.1) is 5.82 Å². The van der Waals surface area contributed by atoms with Gasteiger partial charge in [-0.3, -0.25) is 0 Å². The topological polar surface area (TPSA) is 30.5 Å². The minimum Gasteiger partial charge on any atom is -0.382 e. The Balaban J connectivity index is 2.01. The van der Waals surface area contributed by atoms with Crippen LogP contribution in [0.2, 0.25) is 0 Å². The molecule has 0 saturated carbocycles. The van der Waals surface area contributed by atoms with E-state index in [4.69, 9.17) is 9.47 Å². The molecule has 114 valence electrons. The van der Waals surface area contributed by atoms with E-state index < -0.39 is 0 Å². The molecule has 0 amide bonds. The number of benzene rings is 1. The molecule has 3 nitrogen and oxygen atoms in total. The third-order valence-corrected chi connectivity index (χ3v) is 3.07. The number of hydrogen-bond acceptors (Lipinski definition) is 3. The first-order chi connectivity index (χ1) is 9.72. The van der Waals surface area contributed by atoms with E-state index in [1.54, 1.807) is 19.2 Å². The molecule has 1 aromatic rings. The van der Waals surface area contributed by atoms with Crippen molar-refractivity contribution in [2.24, 2.45) is 0 Å². The molecule has 0 aromatic heterocycles. The third kappa shape index (κ3) is 8.25. The van der Waals surface area contributed by atoms with Gasteiger partial charge in [0.05, 0.1) is 13.2 Å². The summed E-state index contributed by atoms with van der Waals surface area (Å²) >= 11 is 0. The number of methoxy groups -OCH3 is 1. The first-order valence-corrected chi connectivity index (χ1v) is 7.27. The first kappa shape index (κ1) is 17.1. The Morgan fingerprint density at radius 1 is 1.20 bits per heavy atom. The molecule has 0 bridgehead atoms. The number of ether oxygens (including phenoxy) is 2. The van der Waals surface area contributed by atoms with Gasteiger partial charge in [-0.15, -0.1) is 0 Å². The summed E-state index contributed by atoms with van der Waals surface area (Å²) in [5.74, 6) is -0.164. The monoisotopic (exact) mass is 283 g/mol. The summed E-state index contributed by atoms with van der Waals surface area (Å²) in [6.07, 6.45) is 2.98. The highest BCUT2D eigenvalue weighted by molar-refractivity contribution is 5.17. The fraction of sp³-hybridized carbons (Fsp3) is 0.625. The van der Waals surface area contributed by atoms with Crippen LogP contribution < -0.4 is 5.32 Å². The molecule has 0 spiro atoms. The van der Waals surface area contributed by atoms with E-state index in [1.807, 2.05) is 6.07 Å². The number of unbranched alkanes of at least 4 members (excludes halogenated alkanes) is 1. The van der Waals surface area contributed by atoms with Gasteiger partial charge in [0.1, 0.15) is 5.82 Å². The van der Waals surface area contributed by atoms with Crippen molar-refractivity contribution in [2.75, 3.05) is 33.5 Å². The van der Waals surface area contributed by atoms with Crippen LogP contribution in [0.5, 0.6) is 0 Å². The molecule has 0 saturated heterocycles. The van der Waals surface area contributed by atoms with E-state index in [1.165, 1.54) is 6.07 Å². The van der Waals surface area contributed by atoms with Gasteiger partial charge in [-0.2, -0.15) is 0 Å². The summed E-state index contributed by atoms with van der Waals surface area (Å²) < 4.78 is 23.4. The SMILES string of the molecule is COCCOCCCCNC(C)Cc1cccc(F)c1. The lowest BCUT2D eigenvalue weighted by Crippen LogP contribution is -2.29. The molecular weight excluding hydrogens is 257 g/mol. The Bertz CT molecular complexity index is 360. The lowest BCUT2D eigenvalue weighted by molar-refractivity contribution is 0.0687. The largest absolute Gasteiger partial charge is 0.382 e. The van der Waals surface area contributed by atoms with Crippen molar-refractivity contribution < 1.29 is 13.9 Å². The molecule has 0 fully saturated rings. The summed E-state index contributed by atoms with van der Waals surface area (Å²) in [7, 11) is 1.67. The number of hydrogen-bond donors (Lipinski definition) is 1. The van der Waals surface area contributed by atoms with Crippen molar-refractivity contribution in [3.63, 3.8) is 0 Å². The van der Waals surface area contributed by atoms with Crippen LogP contribution in [0.4, 0.5) is 4.39 Å². The zero-order chi connectivity index (χ0) is 14.6. The molecule has 0 aliphatic carbocycles. The van der Waals surface area contributed by atoms with E-state index in [0.29, 0.717) is 19.3 Å². The van der Waals surface area contributed by atoms with E-state index in [-0.39, 0.29) is 5.82 Å². The molecule has 1 N–H and O–H groups in total. The number of nitrogens with one attached hydrogen (secondary N) is 1. The molecule has 1 aromatic carbocycles. The zero-order valence-electron chi connectivity index (χ0n) is 12.5. The fourth-order valence-corrected chi connectivity index (χ4v) is 2.01. The van der Waals surface area contributed by atoms with Crippen LogP contribution in [0.3, 0.4) is 0 Å². The molecule has 0 aliphatic rings. The van der Waals surface area contributed by atoms with Crippen molar-refractivity contribution in [3.8, 4) is 0 Å². The van der Waals surface area contributed by atoms with Gasteiger partial charge in [0.25, 0.3) is 0 Å². The van der Waals surface area contributed by atoms with Gasteiger partial charge < -0.3 is 14.8 Å². The van der Waals surface area contributed by atoms with Crippen LogP contribution in [0.15, 0.2) is 24.3 Å². The second-order valence-electron chi connectivity index (χ2n) is 5.00. The molecular formula is C16H26FNO2. The molecule has 1 unspecified atom stereocenters. The van der Waals surface area contributed by atoms with Crippen molar-refractivity contribution in [3.05, 3.63) is 35.6 Å². The quantitative estimate of drug-likeness (QED) is 0.633. The minimum atomic E-state index is -0.164. The maximum Gasteiger partial charge on any atom is 0.123 e. The van der Waals surface area contributed by atoms with E-state index in [2.05, 4.69) is 12.2 Å². The van der Waals surface area contributed by atoms with Gasteiger partial charge in [-0.1, -0.05) is 12.1 Å². The van der Waals surface area contributed by atoms with E-state index >= 15 is 0 Å². The van der Waals surface area contributed by atoms with Gasteiger partial charge in [0.2, 0.25) is 0 Å². The van der Waals surface area contributed by atoms with Gasteiger partial charge in [-0.25, -0.2) is 4.39 Å². The van der Waals surface area contributed by atoms with Crippen molar-refractivity contribution in [1.29, 1.82) is 0 Å². The molecule has 0 radical (unpaired) electrons. The molecule has 0 aliphatic heterocycles. The van der Waals surface area contributed by atoms with Gasteiger partial charge in [-0.05, 0) is 50.4 Å². The minimum absolute atomic E-state index is 0.164. The van der Waals surface area contributed by atoms with Gasteiger partial charge in [0, 0.05) is 19.8 Å². The summed E-state index contributed by atoms with van der Waals surface area (Å²) in [6, 6.07) is 7.15. The highest BCUT2D eigenvalue weighted by atomic mass is 19.1. The third-order valence-electron chi connectivity index (χ3n) is 3.07. The number of rotatable bonds is 11. The Labute approximate surface area is 121 Å². The first-order valence-electron chi connectivity index (χ1n) is 7.27. The summed E-state index contributed by atoms with van der Waals surface area (Å²) in [5.41, 5.74) is 1.04. The molecule has 4 heteroatoms. The average Bonchev–Trinajstić information content (AvgIpc) is 2.42. The Kier molecular flexibility index (Phi) is 9.20. The highest BCUT2D eigenvalue weighted by Crippen LogP contribution is 2.06. The van der Waals surface area contributed by atoms with E-state index in [9.17, 15) is 4.39 Å². The maximum absolute atomic E-state index is 13.1. The normalized spacial score (nSPS) is 12.6. The summed E-state index contributed by atoms with van der Waals surface area (Å²) in [6.45, 7) is 5.19. The molecule has 1 rings (SSSR count). The van der Waals surface area contributed by atoms with Crippen LogP contribution in [-0.2, 0) is 15.9 Å². The van der Waals surface area contributed by atoms with Gasteiger partial charge in [0.15, 0.2) is 0 Å². The van der Waals surface area contributed by atoms with Crippen LogP contribution in [-0.4, -0.2) is 39.5 Å². The second-order valence-corrected chi connectivity index (χ2v) is 5.00. The van der Waals surface area contributed by atoms with Crippen molar-refractivity contribution in [1.82, 2.24) is 5.32 Å². The Morgan fingerprint density at radius 3 is 2.80 bits per heavy atom. The maximum atomic E-state index is 13.1. The lowest BCUT2D eigenvalue weighted by atomic mass is 10.1. The van der Waals surface area contributed by atoms with Crippen molar-refractivity contribution in [2.45, 2.75) is 32.2 Å². The summed E-state index contributed by atoms with van der Waals surface area (Å²) in [5, 5.41) is 3.45.